The number of carbonyl (C=O) groups excluding carboxylic acids is 1. The zero-order chi connectivity index (χ0) is 18.4. The van der Waals surface area contributed by atoms with Gasteiger partial charge < -0.3 is 25.3 Å². The minimum atomic E-state index is -0.0475. The van der Waals surface area contributed by atoms with Crippen LogP contribution in [0.3, 0.4) is 0 Å². The predicted octanol–water partition coefficient (Wildman–Crippen LogP) is 2.82. The van der Waals surface area contributed by atoms with Crippen molar-refractivity contribution in [3.05, 3.63) is 53.6 Å². The van der Waals surface area contributed by atoms with Gasteiger partial charge in [-0.3, -0.25) is 4.79 Å². The SMILES string of the molecule is NCCOc1ccc(-c2c3c(cc4ccc5c(c24)OCO5)C(=O)NC3)cc1. The summed E-state index contributed by atoms with van der Waals surface area (Å²) >= 11 is 0. The van der Waals surface area contributed by atoms with Gasteiger partial charge in [0.1, 0.15) is 12.4 Å². The maximum absolute atomic E-state index is 12.3. The van der Waals surface area contributed by atoms with E-state index < -0.39 is 0 Å². The van der Waals surface area contributed by atoms with E-state index in [0.29, 0.717) is 25.3 Å². The van der Waals surface area contributed by atoms with Crippen LogP contribution in [0.4, 0.5) is 0 Å². The van der Waals surface area contributed by atoms with Gasteiger partial charge in [0, 0.05) is 24.0 Å². The second-order valence-electron chi connectivity index (χ2n) is 6.52. The third-order valence-electron chi connectivity index (χ3n) is 4.95. The van der Waals surface area contributed by atoms with Crippen molar-refractivity contribution < 1.29 is 19.0 Å². The van der Waals surface area contributed by atoms with Crippen molar-refractivity contribution in [3.8, 4) is 28.4 Å². The van der Waals surface area contributed by atoms with Crippen molar-refractivity contribution in [3.63, 3.8) is 0 Å². The van der Waals surface area contributed by atoms with Gasteiger partial charge in [0.15, 0.2) is 11.5 Å². The molecular formula is C21H18N2O4. The lowest BCUT2D eigenvalue weighted by atomic mass is 9.90. The number of nitrogens with two attached hydrogens (primary N) is 1. The van der Waals surface area contributed by atoms with Crippen LogP contribution in [0.5, 0.6) is 17.2 Å². The highest BCUT2D eigenvalue weighted by molar-refractivity contribution is 6.11. The summed E-state index contributed by atoms with van der Waals surface area (Å²) in [6.07, 6.45) is 0. The Labute approximate surface area is 155 Å². The van der Waals surface area contributed by atoms with Gasteiger partial charge in [0.2, 0.25) is 6.79 Å². The highest BCUT2D eigenvalue weighted by Gasteiger charge is 2.28. The van der Waals surface area contributed by atoms with Crippen molar-refractivity contribution in [1.29, 1.82) is 0 Å². The van der Waals surface area contributed by atoms with E-state index in [4.69, 9.17) is 19.9 Å². The molecule has 0 saturated carbocycles. The Hall–Kier alpha value is -3.25. The van der Waals surface area contributed by atoms with Crippen LogP contribution >= 0.6 is 0 Å². The first-order valence-electron chi connectivity index (χ1n) is 8.86. The molecule has 6 heteroatoms. The second kappa shape index (κ2) is 6.17. The van der Waals surface area contributed by atoms with Gasteiger partial charge in [-0.1, -0.05) is 18.2 Å². The van der Waals surface area contributed by atoms with E-state index in [-0.39, 0.29) is 12.7 Å². The van der Waals surface area contributed by atoms with E-state index in [1.807, 2.05) is 42.5 Å². The molecule has 3 N–H and O–H groups in total. The Bertz CT molecular complexity index is 1060. The fourth-order valence-electron chi connectivity index (χ4n) is 3.76. The van der Waals surface area contributed by atoms with Gasteiger partial charge >= 0.3 is 0 Å². The normalized spacial score (nSPS) is 14.3. The molecule has 0 aromatic heterocycles. The summed E-state index contributed by atoms with van der Waals surface area (Å²) in [6.45, 7) is 1.64. The molecule has 0 unspecified atom stereocenters. The van der Waals surface area contributed by atoms with Crippen molar-refractivity contribution in [2.75, 3.05) is 19.9 Å². The molecule has 6 nitrogen and oxygen atoms in total. The van der Waals surface area contributed by atoms with E-state index in [9.17, 15) is 4.79 Å². The quantitative estimate of drug-likeness (QED) is 0.746. The van der Waals surface area contributed by atoms with E-state index in [1.54, 1.807) is 0 Å². The molecular weight excluding hydrogens is 344 g/mol. The van der Waals surface area contributed by atoms with Crippen LogP contribution in [0.15, 0.2) is 42.5 Å². The third kappa shape index (κ3) is 2.49. The van der Waals surface area contributed by atoms with Crippen LogP contribution in [0.1, 0.15) is 15.9 Å². The standard InChI is InChI=1S/C21H18N2O4/c22-7-8-25-14-4-1-12(2-5-14)18-16-10-23-21(24)15(16)9-13-3-6-17-20(19(13)18)27-11-26-17/h1-6,9H,7-8,10-11,22H2,(H,23,24). The number of carbonyl (C=O) groups is 1. The first-order valence-corrected chi connectivity index (χ1v) is 8.86. The second-order valence-corrected chi connectivity index (χ2v) is 6.52. The molecule has 3 aromatic rings. The monoisotopic (exact) mass is 362 g/mol. The lowest BCUT2D eigenvalue weighted by molar-refractivity contribution is 0.0966. The van der Waals surface area contributed by atoms with Crippen LogP contribution in [0.25, 0.3) is 21.9 Å². The molecule has 0 aliphatic carbocycles. The molecule has 0 spiro atoms. The van der Waals surface area contributed by atoms with Crippen LogP contribution in [0, 0.1) is 0 Å². The molecule has 0 saturated heterocycles. The maximum Gasteiger partial charge on any atom is 0.251 e. The fraction of sp³-hybridized carbons (Fsp3) is 0.190. The number of ether oxygens (including phenoxy) is 3. The summed E-state index contributed by atoms with van der Waals surface area (Å²) in [5, 5.41) is 4.85. The molecule has 2 aliphatic rings. The molecule has 5 rings (SSSR count). The molecule has 136 valence electrons. The zero-order valence-electron chi connectivity index (χ0n) is 14.6. The molecule has 27 heavy (non-hydrogen) atoms. The Morgan fingerprint density at radius 1 is 1.11 bits per heavy atom. The van der Waals surface area contributed by atoms with E-state index >= 15 is 0 Å². The van der Waals surface area contributed by atoms with Crippen LogP contribution in [-0.2, 0) is 6.54 Å². The molecule has 0 bridgehead atoms. The van der Waals surface area contributed by atoms with E-state index in [0.717, 1.165) is 44.7 Å². The van der Waals surface area contributed by atoms with Crippen LogP contribution < -0.4 is 25.3 Å². The smallest absolute Gasteiger partial charge is 0.251 e. The number of hydrogen-bond donors (Lipinski definition) is 2. The lowest BCUT2D eigenvalue weighted by Crippen LogP contribution is -2.12. The summed E-state index contributed by atoms with van der Waals surface area (Å²) in [5.74, 6) is 2.17. The predicted molar refractivity (Wildman–Crippen MR) is 101 cm³/mol. The van der Waals surface area contributed by atoms with Crippen molar-refractivity contribution in [1.82, 2.24) is 5.32 Å². The van der Waals surface area contributed by atoms with Gasteiger partial charge in [0.25, 0.3) is 5.91 Å². The summed E-state index contributed by atoms with van der Waals surface area (Å²) in [4.78, 5) is 12.3. The summed E-state index contributed by atoms with van der Waals surface area (Å²) in [5.41, 5.74) is 9.17. The van der Waals surface area contributed by atoms with Crippen molar-refractivity contribution in [2.24, 2.45) is 5.73 Å². The van der Waals surface area contributed by atoms with Crippen LogP contribution in [0.2, 0.25) is 0 Å². The Morgan fingerprint density at radius 2 is 1.96 bits per heavy atom. The van der Waals surface area contributed by atoms with E-state index in [1.165, 1.54) is 0 Å². The van der Waals surface area contributed by atoms with Crippen molar-refractivity contribution in [2.45, 2.75) is 6.54 Å². The highest BCUT2D eigenvalue weighted by Crippen LogP contribution is 2.46. The van der Waals surface area contributed by atoms with Gasteiger partial charge in [-0.25, -0.2) is 0 Å². The first-order chi connectivity index (χ1) is 13.3. The highest BCUT2D eigenvalue weighted by atomic mass is 16.7. The Morgan fingerprint density at radius 3 is 2.78 bits per heavy atom. The van der Waals surface area contributed by atoms with Gasteiger partial charge in [-0.2, -0.15) is 0 Å². The maximum atomic E-state index is 12.3. The molecule has 0 radical (unpaired) electrons. The Kier molecular flexibility index (Phi) is 3.65. The number of nitrogens with one attached hydrogen (secondary N) is 1. The van der Waals surface area contributed by atoms with Gasteiger partial charge in [-0.05, 0) is 46.3 Å². The average molecular weight is 362 g/mol. The summed E-state index contributed by atoms with van der Waals surface area (Å²) in [6, 6.07) is 13.6. The molecule has 2 heterocycles. The number of hydrogen-bond acceptors (Lipinski definition) is 5. The number of amides is 1. The summed E-state index contributed by atoms with van der Waals surface area (Å²) < 4.78 is 16.9. The number of fused-ring (bicyclic) bond motifs is 4. The molecule has 0 atom stereocenters. The van der Waals surface area contributed by atoms with Gasteiger partial charge in [-0.15, -0.1) is 0 Å². The Balaban J connectivity index is 1.75. The molecule has 2 aliphatic heterocycles. The van der Waals surface area contributed by atoms with Crippen LogP contribution in [-0.4, -0.2) is 25.9 Å². The first kappa shape index (κ1) is 16.0. The molecule has 0 fully saturated rings. The lowest BCUT2D eigenvalue weighted by Gasteiger charge is -2.15. The topological polar surface area (TPSA) is 82.8 Å². The third-order valence-corrected chi connectivity index (χ3v) is 4.95. The molecule has 3 aromatic carbocycles. The largest absolute Gasteiger partial charge is 0.492 e. The fourth-order valence-corrected chi connectivity index (χ4v) is 3.76. The van der Waals surface area contributed by atoms with Crippen molar-refractivity contribution >= 4 is 16.7 Å². The molecule has 1 amide bonds. The number of rotatable bonds is 4. The summed E-state index contributed by atoms with van der Waals surface area (Å²) in [7, 11) is 0. The minimum Gasteiger partial charge on any atom is -0.492 e. The number of benzene rings is 3. The van der Waals surface area contributed by atoms with E-state index in [2.05, 4.69) is 5.32 Å². The average Bonchev–Trinajstić information content (AvgIpc) is 3.32. The zero-order valence-corrected chi connectivity index (χ0v) is 14.6. The van der Waals surface area contributed by atoms with Gasteiger partial charge in [0.05, 0.1) is 0 Å². The minimum absolute atomic E-state index is 0.0475.